The maximum absolute atomic E-state index is 12.1. The summed E-state index contributed by atoms with van der Waals surface area (Å²) < 4.78 is 26.5. The Hall–Kier alpha value is -1.89. The van der Waals surface area contributed by atoms with Gasteiger partial charge >= 0.3 is 0 Å². The Kier molecular flexibility index (Phi) is 5.76. The van der Waals surface area contributed by atoms with Crippen molar-refractivity contribution in [2.45, 2.75) is 18.4 Å². The average Bonchev–Trinajstić information content (AvgIpc) is 2.52. The van der Waals surface area contributed by atoms with Gasteiger partial charge in [-0.2, -0.15) is 0 Å². The van der Waals surface area contributed by atoms with Crippen LogP contribution in [0.4, 0.5) is 0 Å². The van der Waals surface area contributed by atoms with Crippen LogP contribution in [0.5, 0.6) is 0 Å². The Labute approximate surface area is 140 Å². The molecule has 0 aliphatic rings. The lowest BCUT2D eigenvalue weighted by atomic mass is 10.2. The zero-order valence-electron chi connectivity index (χ0n) is 12.5. The molecular formula is C16H17ClN2O3S. The molecule has 0 saturated carbocycles. The lowest BCUT2D eigenvalue weighted by Gasteiger charge is -2.09. The topological polar surface area (TPSA) is 75.3 Å². The van der Waals surface area contributed by atoms with E-state index in [1.165, 1.54) is 6.07 Å². The molecule has 0 aliphatic carbocycles. The van der Waals surface area contributed by atoms with Crippen molar-refractivity contribution in [3.63, 3.8) is 0 Å². The number of benzene rings is 2. The van der Waals surface area contributed by atoms with E-state index in [9.17, 15) is 13.2 Å². The number of nitrogens with one attached hydrogen (secondary N) is 2. The Balaban J connectivity index is 1.90. The molecule has 0 spiro atoms. The molecule has 0 fully saturated rings. The van der Waals surface area contributed by atoms with Crippen LogP contribution in [0, 0.1) is 6.92 Å². The van der Waals surface area contributed by atoms with Gasteiger partial charge in [-0.25, -0.2) is 13.1 Å². The van der Waals surface area contributed by atoms with Crippen molar-refractivity contribution in [3.05, 3.63) is 64.7 Å². The normalized spacial score (nSPS) is 11.2. The molecule has 2 aromatic carbocycles. The number of rotatable bonds is 6. The summed E-state index contributed by atoms with van der Waals surface area (Å²) in [6, 6.07) is 13.6. The number of hydrogen-bond acceptors (Lipinski definition) is 3. The summed E-state index contributed by atoms with van der Waals surface area (Å²) in [5, 5.41) is 3.17. The van der Waals surface area contributed by atoms with E-state index in [4.69, 9.17) is 11.6 Å². The van der Waals surface area contributed by atoms with E-state index in [1.807, 2.05) is 6.07 Å². The van der Waals surface area contributed by atoms with Crippen molar-refractivity contribution < 1.29 is 13.2 Å². The molecule has 0 bridgehead atoms. The van der Waals surface area contributed by atoms with E-state index in [1.54, 1.807) is 43.3 Å². The molecule has 0 atom stereocenters. The van der Waals surface area contributed by atoms with Gasteiger partial charge in [-0.05, 0) is 36.2 Å². The van der Waals surface area contributed by atoms with Gasteiger partial charge in [-0.15, -0.1) is 0 Å². The molecule has 122 valence electrons. The predicted octanol–water partition coefficient (Wildman–Crippen LogP) is 2.24. The molecule has 0 radical (unpaired) electrons. The maximum atomic E-state index is 12.1. The SMILES string of the molecule is Cc1cccc(S(=O)(=O)NCC(=O)NCc2ccccc2Cl)c1. The highest BCUT2D eigenvalue weighted by atomic mass is 35.5. The minimum absolute atomic E-state index is 0.136. The summed E-state index contributed by atoms with van der Waals surface area (Å²) >= 11 is 5.99. The molecule has 23 heavy (non-hydrogen) atoms. The average molecular weight is 353 g/mol. The first-order chi connectivity index (χ1) is 10.9. The fourth-order valence-corrected chi connectivity index (χ4v) is 3.21. The summed E-state index contributed by atoms with van der Waals surface area (Å²) in [6.45, 7) is 1.71. The quantitative estimate of drug-likeness (QED) is 0.837. The second-order valence-corrected chi connectivity index (χ2v) is 7.18. The molecule has 0 saturated heterocycles. The van der Waals surface area contributed by atoms with E-state index < -0.39 is 15.9 Å². The van der Waals surface area contributed by atoms with Crippen LogP contribution in [-0.2, 0) is 21.4 Å². The van der Waals surface area contributed by atoms with Crippen LogP contribution in [0.1, 0.15) is 11.1 Å². The van der Waals surface area contributed by atoms with Crippen LogP contribution in [0.2, 0.25) is 5.02 Å². The van der Waals surface area contributed by atoms with Crippen molar-refractivity contribution in [1.29, 1.82) is 0 Å². The van der Waals surface area contributed by atoms with Gasteiger partial charge in [0.15, 0.2) is 0 Å². The van der Waals surface area contributed by atoms with Crippen LogP contribution in [0.3, 0.4) is 0 Å². The molecule has 2 aromatic rings. The molecule has 2 N–H and O–H groups in total. The second kappa shape index (κ2) is 7.59. The second-order valence-electron chi connectivity index (χ2n) is 5.01. The van der Waals surface area contributed by atoms with Crippen molar-refractivity contribution in [2.75, 3.05) is 6.54 Å². The Bertz CT molecular complexity index is 806. The van der Waals surface area contributed by atoms with Gasteiger partial charge in [0, 0.05) is 11.6 Å². The van der Waals surface area contributed by atoms with Crippen molar-refractivity contribution in [3.8, 4) is 0 Å². The first-order valence-corrected chi connectivity index (χ1v) is 8.81. The van der Waals surface area contributed by atoms with Gasteiger partial charge in [-0.3, -0.25) is 4.79 Å². The van der Waals surface area contributed by atoms with Crippen LogP contribution in [-0.4, -0.2) is 20.9 Å². The van der Waals surface area contributed by atoms with Crippen molar-refractivity contribution in [2.24, 2.45) is 0 Å². The van der Waals surface area contributed by atoms with Gasteiger partial charge in [0.05, 0.1) is 11.4 Å². The molecule has 0 aromatic heterocycles. The van der Waals surface area contributed by atoms with E-state index >= 15 is 0 Å². The molecule has 0 unspecified atom stereocenters. The van der Waals surface area contributed by atoms with Gasteiger partial charge in [0.2, 0.25) is 15.9 Å². The molecule has 1 amide bonds. The zero-order chi connectivity index (χ0) is 16.9. The monoisotopic (exact) mass is 352 g/mol. The minimum atomic E-state index is -3.71. The summed E-state index contributed by atoms with van der Waals surface area (Å²) in [5.74, 6) is -0.429. The summed E-state index contributed by atoms with van der Waals surface area (Å²) in [6.07, 6.45) is 0. The summed E-state index contributed by atoms with van der Waals surface area (Å²) in [5.41, 5.74) is 1.60. The molecule has 2 rings (SSSR count). The number of aryl methyl sites for hydroxylation is 1. The van der Waals surface area contributed by atoms with Gasteiger partial charge < -0.3 is 5.32 Å². The molecule has 0 heterocycles. The van der Waals surface area contributed by atoms with Gasteiger partial charge in [-0.1, -0.05) is 41.9 Å². The first-order valence-electron chi connectivity index (χ1n) is 6.95. The van der Waals surface area contributed by atoms with Gasteiger partial charge in [0.25, 0.3) is 0 Å². The number of hydrogen-bond donors (Lipinski definition) is 2. The van der Waals surface area contributed by atoms with Crippen LogP contribution in [0.25, 0.3) is 0 Å². The standard InChI is InChI=1S/C16H17ClN2O3S/c1-12-5-4-7-14(9-12)23(21,22)19-11-16(20)18-10-13-6-2-3-8-15(13)17/h2-9,19H,10-11H2,1H3,(H,18,20). The third kappa shape index (κ3) is 5.06. The zero-order valence-corrected chi connectivity index (χ0v) is 14.1. The third-order valence-electron chi connectivity index (χ3n) is 3.16. The van der Waals surface area contributed by atoms with Crippen LogP contribution < -0.4 is 10.0 Å². The van der Waals surface area contributed by atoms with E-state index in [0.717, 1.165) is 11.1 Å². The number of halogens is 1. The van der Waals surface area contributed by atoms with Crippen LogP contribution in [0.15, 0.2) is 53.4 Å². The minimum Gasteiger partial charge on any atom is -0.351 e. The maximum Gasteiger partial charge on any atom is 0.241 e. The highest BCUT2D eigenvalue weighted by Gasteiger charge is 2.15. The largest absolute Gasteiger partial charge is 0.351 e. The van der Waals surface area contributed by atoms with E-state index in [2.05, 4.69) is 10.0 Å². The number of sulfonamides is 1. The fraction of sp³-hybridized carbons (Fsp3) is 0.188. The lowest BCUT2D eigenvalue weighted by molar-refractivity contribution is -0.120. The molecule has 5 nitrogen and oxygen atoms in total. The highest BCUT2D eigenvalue weighted by Crippen LogP contribution is 2.14. The highest BCUT2D eigenvalue weighted by molar-refractivity contribution is 7.89. The molecule has 7 heteroatoms. The molecule has 0 aliphatic heterocycles. The summed E-state index contributed by atoms with van der Waals surface area (Å²) in [4.78, 5) is 11.9. The third-order valence-corrected chi connectivity index (χ3v) is 4.92. The number of amides is 1. The van der Waals surface area contributed by atoms with Gasteiger partial charge in [0.1, 0.15) is 0 Å². The fourth-order valence-electron chi connectivity index (χ4n) is 1.92. The number of carbonyl (C=O) groups excluding carboxylic acids is 1. The Morgan fingerprint density at radius 1 is 1.13 bits per heavy atom. The predicted molar refractivity (Wildman–Crippen MR) is 89.7 cm³/mol. The van der Waals surface area contributed by atoms with Crippen LogP contribution >= 0.6 is 11.6 Å². The molecular weight excluding hydrogens is 336 g/mol. The smallest absolute Gasteiger partial charge is 0.241 e. The summed E-state index contributed by atoms with van der Waals surface area (Å²) in [7, 11) is -3.71. The van der Waals surface area contributed by atoms with E-state index in [-0.39, 0.29) is 18.0 Å². The number of carbonyl (C=O) groups is 1. The Morgan fingerprint density at radius 3 is 2.57 bits per heavy atom. The van der Waals surface area contributed by atoms with Crippen molar-refractivity contribution in [1.82, 2.24) is 10.0 Å². The Morgan fingerprint density at radius 2 is 1.87 bits per heavy atom. The lowest BCUT2D eigenvalue weighted by Crippen LogP contribution is -2.36. The first kappa shape index (κ1) is 17.5. The van der Waals surface area contributed by atoms with E-state index in [0.29, 0.717) is 5.02 Å². The van der Waals surface area contributed by atoms with Crippen molar-refractivity contribution >= 4 is 27.5 Å².